The first-order valence-corrected chi connectivity index (χ1v) is 3.12. The van der Waals surface area contributed by atoms with E-state index < -0.39 is 0 Å². The molecule has 0 bridgehead atoms. The topological polar surface area (TPSA) is 23.8 Å². The van der Waals surface area contributed by atoms with Crippen LogP contribution in [0.3, 0.4) is 0 Å². The third kappa shape index (κ3) is 76.7. The first-order chi connectivity index (χ1) is 3.33. The molecule has 42 valence electrons. The van der Waals surface area contributed by atoms with Gasteiger partial charge < -0.3 is 0 Å². The summed E-state index contributed by atoms with van der Waals surface area (Å²) in [6.07, 6.45) is 0. The zero-order valence-corrected chi connectivity index (χ0v) is 6.04. The SMILES string of the molecule is CC#N.SCCS. The van der Waals surface area contributed by atoms with Gasteiger partial charge in [-0.05, 0) is 11.5 Å². The molecule has 1 nitrogen and oxygen atoms in total. The van der Waals surface area contributed by atoms with E-state index in [2.05, 4.69) is 25.3 Å². The molecule has 0 rings (SSSR count). The Balaban J connectivity index is 0. The van der Waals surface area contributed by atoms with Crippen LogP contribution < -0.4 is 0 Å². The van der Waals surface area contributed by atoms with Crippen LogP contribution in [-0.2, 0) is 0 Å². The molecule has 0 spiro atoms. The molecule has 0 amide bonds. The van der Waals surface area contributed by atoms with Crippen molar-refractivity contribution in [2.45, 2.75) is 6.92 Å². The third-order valence-electron chi connectivity index (χ3n) is 0.1000. The van der Waals surface area contributed by atoms with Crippen molar-refractivity contribution in [2.75, 3.05) is 11.5 Å². The molecule has 7 heavy (non-hydrogen) atoms. The van der Waals surface area contributed by atoms with Crippen LogP contribution in [-0.4, -0.2) is 11.5 Å². The van der Waals surface area contributed by atoms with E-state index >= 15 is 0 Å². The van der Waals surface area contributed by atoms with E-state index in [1.807, 2.05) is 0 Å². The Bertz CT molecular complexity index is 46.1. The number of rotatable bonds is 1. The molecule has 0 aliphatic carbocycles. The molecular formula is C4H9NS2. The minimum absolute atomic E-state index is 0.878. The molecule has 0 unspecified atom stereocenters. The highest BCUT2D eigenvalue weighted by molar-refractivity contribution is 7.84. The number of thiol groups is 2. The molecule has 0 aromatic carbocycles. The maximum absolute atomic E-state index is 7.32. The first-order valence-electron chi connectivity index (χ1n) is 1.86. The van der Waals surface area contributed by atoms with Crippen LogP contribution in [0, 0.1) is 11.3 Å². The average Bonchev–Trinajstić information content (AvgIpc) is 1.69. The van der Waals surface area contributed by atoms with E-state index in [9.17, 15) is 0 Å². The lowest BCUT2D eigenvalue weighted by molar-refractivity contribution is 1.49. The van der Waals surface area contributed by atoms with E-state index in [0.29, 0.717) is 0 Å². The van der Waals surface area contributed by atoms with E-state index in [1.54, 1.807) is 6.07 Å². The van der Waals surface area contributed by atoms with Crippen molar-refractivity contribution in [2.24, 2.45) is 0 Å². The Labute approximate surface area is 55.5 Å². The summed E-state index contributed by atoms with van der Waals surface area (Å²) in [5, 5.41) is 7.32. The Morgan fingerprint density at radius 2 is 1.57 bits per heavy atom. The summed E-state index contributed by atoms with van der Waals surface area (Å²) in [5.41, 5.74) is 0. The highest BCUT2D eigenvalue weighted by Gasteiger charge is 1.57. The molecule has 3 heteroatoms. The van der Waals surface area contributed by atoms with Crippen LogP contribution in [0.5, 0.6) is 0 Å². The maximum Gasteiger partial charge on any atom is 0.0587 e. The zero-order chi connectivity index (χ0) is 6.12. The molecule has 0 heterocycles. The lowest BCUT2D eigenvalue weighted by Gasteiger charge is -1.67. The minimum atomic E-state index is 0.878. The van der Waals surface area contributed by atoms with Crippen molar-refractivity contribution < 1.29 is 0 Å². The van der Waals surface area contributed by atoms with Gasteiger partial charge in [-0.3, -0.25) is 0 Å². The Kier molecular flexibility index (Phi) is 23.9. The molecule has 0 aromatic heterocycles. The second kappa shape index (κ2) is 16.4. The van der Waals surface area contributed by atoms with Crippen LogP contribution in [0.25, 0.3) is 0 Å². The van der Waals surface area contributed by atoms with E-state index in [1.165, 1.54) is 6.92 Å². The largest absolute Gasteiger partial charge is 0.199 e. The van der Waals surface area contributed by atoms with Crippen molar-refractivity contribution in [3.8, 4) is 6.07 Å². The van der Waals surface area contributed by atoms with Gasteiger partial charge in [-0.25, -0.2) is 0 Å². The number of nitriles is 1. The van der Waals surface area contributed by atoms with E-state index in [0.717, 1.165) is 11.5 Å². The first kappa shape index (κ1) is 10.2. The molecule has 0 saturated carbocycles. The zero-order valence-electron chi connectivity index (χ0n) is 4.26. The summed E-state index contributed by atoms with van der Waals surface area (Å²) in [6.45, 7) is 1.43. The second-order valence-corrected chi connectivity index (χ2v) is 1.57. The highest BCUT2D eigenvalue weighted by Crippen LogP contribution is 1.73. The number of hydrogen-bond donors (Lipinski definition) is 2. The monoisotopic (exact) mass is 135 g/mol. The van der Waals surface area contributed by atoms with Gasteiger partial charge in [0.1, 0.15) is 0 Å². The summed E-state index contributed by atoms with van der Waals surface area (Å²) in [4.78, 5) is 0. The van der Waals surface area contributed by atoms with Gasteiger partial charge in [0.05, 0.1) is 6.07 Å². The summed E-state index contributed by atoms with van der Waals surface area (Å²) < 4.78 is 0. The van der Waals surface area contributed by atoms with Crippen molar-refractivity contribution >= 4 is 25.3 Å². The Morgan fingerprint density at radius 3 is 1.57 bits per heavy atom. The fourth-order valence-electron chi connectivity index (χ4n) is 0. The van der Waals surface area contributed by atoms with Gasteiger partial charge in [0, 0.05) is 6.92 Å². The normalized spacial score (nSPS) is 5.43. The predicted molar refractivity (Wildman–Crippen MR) is 39.0 cm³/mol. The molecule has 0 fully saturated rings. The van der Waals surface area contributed by atoms with Gasteiger partial charge in [0.15, 0.2) is 0 Å². The Hall–Kier alpha value is 0.190. The van der Waals surface area contributed by atoms with Crippen molar-refractivity contribution in [1.82, 2.24) is 0 Å². The Morgan fingerprint density at radius 1 is 1.43 bits per heavy atom. The van der Waals surface area contributed by atoms with Gasteiger partial charge >= 0.3 is 0 Å². The van der Waals surface area contributed by atoms with Crippen LogP contribution >= 0.6 is 25.3 Å². The van der Waals surface area contributed by atoms with Gasteiger partial charge in [0.2, 0.25) is 0 Å². The number of nitrogens with zero attached hydrogens (tertiary/aromatic N) is 1. The lowest BCUT2D eigenvalue weighted by Crippen LogP contribution is -1.64. The average molecular weight is 135 g/mol. The summed E-state index contributed by atoms with van der Waals surface area (Å²) in [5.74, 6) is 1.76. The second-order valence-electron chi connectivity index (χ2n) is 0.671. The van der Waals surface area contributed by atoms with E-state index in [-0.39, 0.29) is 0 Å². The quantitative estimate of drug-likeness (QED) is 0.521. The van der Waals surface area contributed by atoms with Gasteiger partial charge in [-0.2, -0.15) is 30.5 Å². The van der Waals surface area contributed by atoms with Crippen LogP contribution in [0.2, 0.25) is 0 Å². The predicted octanol–water partition coefficient (Wildman–Crippen LogP) is 1.38. The van der Waals surface area contributed by atoms with Gasteiger partial charge in [-0.15, -0.1) is 0 Å². The highest BCUT2D eigenvalue weighted by atomic mass is 32.1. The molecular weight excluding hydrogens is 126 g/mol. The van der Waals surface area contributed by atoms with Gasteiger partial charge in [0.25, 0.3) is 0 Å². The molecule has 0 atom stereocenters. The standard InChI is InChI=1S/C2H3N.C2H6S2/c1-2-3;3-1-2-4/h1H3;3-4H,1-2H2. The molecule has 0 aliphatic heterocycles. The fourth-order valence-corrected chi connectivity index (χ4v) is 0. The van der Waals surface area contributed by atoms with Crippen molar-refractivity contribution in [3.05, 3.63) is 0 Å². The third-order valence-corrected chi connectivity index (χ3v) is 0.900. The lowest BCUT2D eigenvalue weighted by atomic mass is 11.0. The van der Waals surface area contributed by atoms with Crippen LogP contribution in [0.4, 0.5) is 0 Å². The molecule has 0 aliphatic rings. The van der Waals surface area contributed by atoms with Crippen LogP contribution in [0.1, 0.15) is 6.92 Å². The summed E-state index contributed by atoms with van der Waals surface area (Å²) >= 11 is 7.69. The minimum Gasteiger partial charge on any atom is -0.199 e. The molecule has 0 radical (unpaired) electrons. The fraction of sp³-hybridized carbons (Fsp3) is 0.750. The summed E-state index contributed by atoms with van der Waals surface area (Å²) in [7, 11) is 0. The van der Waals surface area contributed by atoms with Crippen LogP contribution in [0.15, 0.2) is 0 Å². The molecule has 0 aromatic rings. The van der Waals surface area contributed by atoms with Crippen molar-refractivity contribution in [1.29, 1.82) is 5.26 Å². The number of hydrogen-bond acceptors (Lipinski definition) is 3. The summed E-state index contributed by atoms with van der Waals surface area (Å²) in [6, 6.07) is 1.75. The van der Waals surface area contributed by atoms with E-state index in [4.69, 9.17) is 5.26 Å². The molecule has 0 N–H and O–H groups in total. The van der Waals surface area contributed by atoms with Gasteiger partial charge in [-0.1, -0.05) is 0 Å². The maximum atomic E-state index is 7.32. The smallest absolute Gasteiger partial charge is 0.0587 e. The van der Waals surface area contributed by atoms with Crippen molar-refractivity contribution in [3.63, 3.8) is 0 Å². The molecule has 0 saturated heterocycles.